The second-order valence-electron chi connectivity index (χ2n) is 12.6. The van der Waals surface area contributed by atoms with E-state index in [1.54, 1.807) is 12.4 Å². The molecule has 10 aromatic rings. The first-order valence-electron chi connectivity index (χ1n) is 16.7. The van der Waals surface area contributed by atoms with Gasteiger partial charge in [-0.1, -0.05) is 121 Å². The zero-order valence-corrected chi connectivity index (χ0v) is 26.6. The van der Waals surface area contributed by atoms with Crippen LogP contribution in [0.4, 0.5) is 0 Å². The zero-order valence-electron chi connectivity index (χ0n) is 26.6. The number of hydrogen-bond acceptors (Lipinski definition) is 2. The van der Waals surface area contributed by atoms with Crippen molar-refractivity contribution in [3.8, 4) is 39.1 Å². The highest BCUT2D eigenvalue weighted by molar-refractivity contribution is 6.23. The van der Waals surface area contributed by atoms with Gasteiger partial charge in [0.1, 0.15) is 0 Å². The van der Waals surface area contributed by atoms with Gasteiger partial charge in [0.2, 0.25) is 0 Å². The highest BCUT2D eigenvalue weighted by Crippen LogP contribution is 2.38. The molecule has 0 saturated carbocycles. The quantitative estimate of drug-likeness (QED) is 0.183. The highest BCUT2D eigenvalue weighted by Gasteiger charge is 2.14. The van der Waals surface area contributed by atoms with Crippen LogP contribution in [0.3, 0.4) is 0 Å². The molecule has 0 N–H and O–H groups in total. The van der Waals surface area contributed by atoms with Crippen LogP contribution in [0.5, 0.6) is 0 Å². The smallest absolute Gasteiger partial charge is 0.0971 e. The van der Waals surface area contributed by atoms with Gasteiger partial charge in [-0.25, -0.2) is 0 Å². The van der Waals surface area contributed by atoms with Crippen LogP contribution in [0, 0.1) is 0 Å². The number of benzene rings is 8. The molecule has 2 aromatic heterocycles. The lowest BCUT2D eigenvalue weighted by molar-refractivity contribution is 1.18. The monoisotopic (exact) mass is 623 g/mol. The Morgan fingerprint density at radius 3 is 1.57 bits per heavy atom. The van der Waals surface area contributed by atoms with E-state index in [1.165, 1.54) is 71.6 Å². The molecule has 0 radical (unpaired) electrons. The Balaban J connectivity index is 1.02. The molecule has 0 aliphatic heterocycles. The second-order valence-corrected chi connectivity index (χ2v) is 12.6. The lowest BCUT2D eigenvalue weighted by atomic mass is 9.94. The molecule has 3 heteroatoms. The highest BCUT2D eigenvalue weighted by atomic mass is 15.0. The van der Waals surface area contributed by atoms with Gasteiger partial charge in [-0.3, -0.25) is 9.97 Å². The fourth-order valence-corrected chi connectivity index (χ4v) is 7.55. The summed E-state index contributed by atoms with van der Waals surface area (Å²) in [5.41, 5.74) is 12.7. The zero-order chi connectivity index (χ0) is 32.3. The lowest BCUT2D eigenvalue weighted by Crippen LogP contribution is -1.92. The van der Waals surface area contributed by atoms with Gasteiger partial charge >= 0.3 is 0 Å². The number of nitrogens with zero attached hydrogens (tertiary/aromatic N) is 3. The summed E-state index contributed by atoms with van der Waals surface area (Å²) in [6.45, 7) is 0. The van der Waals surface area contributed by atoms with Crippen molar-refractivity contribution >= 4 is 54.4 Å². The third-order valence-corrected chi connectivity index (χ3v) is 9.88. The molecule has 0 aliphatic carbocycles. The van der Waals surface area contributed by atoms with Gasteiger partial charge in [0.05, 0.1) is 22.1 Å². The van der Waals surface area contributed by atoms with Gasteiger partial charge in [-0.05, 0) is 86.6 Å². The number of hydrogen-bond donors (Lipinski definition) is 0. The van der Waals surface area contributed by atoms with E-state index in [1.807, 2.05) is 0 Å². The molecule has 0 atom stereocenters. The van der Waals surface area contributed by atoms with Crippen molar-refractivity contribution in [1.82, 2.24) is 14.5 Å². The minimum atomic E-state index is 0.944. The third kappa shape index (κ3) is 4.44. The predicted molar refractivity (Wildman–Crippen MR) is 205 cm³/mol. The lowest BCUT2D eigenvalue weighted by Gasteiger charge is -2.11. The first kappa shape index (κ1) is 27.5. The van der Waals surface area contributed by atoms with E-state index in [-0.39, 0.29) is 0 Å². The van der Waals surface area contributed by atoms with Gasteiger partial charge in [0.15, 0.2) is 0 Å². The van der Waals surface area contributed by atoms with Crippen LogP contribution in [0.25, 0.3) is 93.5 Å². The fraction of sp³-hybridized carbons (Fsp3) is 0. The summed E-state index contributed by atoms with van der Waals surface area (Å²) in [7, 11) is 0. The van der Waals surface area contributed by atoms with Crippen LogP contribution in [-0.4, -0.2) is 14.5 Å². The first-order valence-corrected chi connectivity index (χ1v) is 16.7. The normalized spacial score (nSPS) is 11.7. The first-order chi connectivity index (χ1) is 24.3. The number of fused-ring (bicyclic) bond motifs is 9. The molecule has 0 unspecified atom stereocenters. The summed E-state index contributed by atoms with van der Waals surface area (Å²) in [5, 5.41) is 7.17. The van der Waals surface area contributed by atoms with Crippen LogP contribution in [0.1, 0.15) is 0 Å². The molecule has 0 amide bonds. The van der Waals surface area contributed by atoms with Crippen molar-refractivity contribution in [2.45, 2.75) is 0 Å². The average molecular weight is 624 g/mol. The summed E-state index contributed by atoms with van der Waals surface area (Å²) in [6.07, 6.45) is 3.55. The molecule has 228 valence electrons. The van der Waals surface area contributed by atoms with Crippen LogP contribution >= 0.6 is 0 Å². The van der Waals surface area contributed by atoms with Crippen LogP contribution < -0.4 is 0 Å². The van der Waals surface area contributed by atoms with Crippen molar-refractivity contribution in [2.24, 2.45) is 0 Å². The molecule has 49 heavy (non-hydrogen) atoms. The average Bonchev–Trinajstić information content (AvgIpc) is 3.52. The van der Waals surface area contributed by atoms with E-state index in [2.05, 4.69) is 173 Å². The fourth-order valence-electron chi connectivity index (χ4n) is 7.55. The minimum Gasteiger partial charge on any atom is -0.309 e. The maximum absolute atomic E-state index is 4.71. The van der Waals surface area contributed by atoms with Gasteiger partial charge in [0, 0.05) is 39.6 Å². The molecule has 0 fully saturated rings. The van der Waals surface area contributed by atoms with Crippen molar-refractivity contribution in [2.75, 3.05) is 0 Å². The summed E-state index contributed by atoms with van der Waals surface area (Å²) < 4.78 is 2.36. The molecular weight excluding hydrogens is 595 g/mol. The molecule has 3 nitrogen and oxygen atoms in total. The summed E-state index contributed by atoms with van der Waals surface area (Å²) >= 11 is 0. The topological polar surface area (TPSA) is 30.7 Å². The van der Waals surface area contributed by atoms with Crippen molar-refractivity contribution in [3.63, 3.8) is 0 Å². The van der Waals surface area contributed by atoms with Gasteiger partial charge in [0.25, 0.3) is 0 Å². The summed E-state index contributed by atoms with van der Waals surface area (Å²) in [6, 6.07) is 59.2. The van der Waals surface area contributed by atoms with Crippen molar-refractivity contribution < 1.29 is 0 Å². The van der Waals surface area contributed by atoms with Crippen LogP contribution in [0.2, 0.25) is 0 Å². The number of aromatic nitrogens is 3. The van der Waals surface area contributed by atoms with E-state index < -0.39 is 0 Å². The largest absolute Gasteiger partial charge is 0.309 e. The maximum Gasteiger partial charge on any atom is 0.0971 e. The Bertz CT molecular complexity index is 2830. The number of rotatable bonds is 4. The number of para-hydroxylation sites is 2. The van der Waals surface area contributed by atoms with E-state index in [0.29, 0.717) is 0 Å². The predicted octanol–water partition coefficient (Wildman–Crippen LogP) is 12.0. The maximum atomic E-state index is 4.71. The van der Waals surface area contributed by atoms with E-state index in [9.17, 15) is 0 Å². The molecule has 10 rings (SSSR count). The standard InChI is InChI=1S/C46H29N3/c1-2-11-36(12-3-1)49-43-16-7-6-14-38(43)42-29-35(22-24-44(42)49)33-10-8-9-32(27-33)30-17-19-31(20-18-30)34-21-23-40-41(28-34)37-13-4-5-15-39(37)45-46(40)48-26-25-47-45/h1-29H. The summed E-state index contributed by atoms with van der Waals surface area (Å²) in [4.78, 5) is 9.39. The Labute approximate surface area is 283 Å². The Morgan fingerprint density at radius 1 is 0.306 bits per heavy atom. The minimum absolute atomic E-state index is 0.944. The van der Waals surface area contributed by atoms with E-state index in [4.69, 9.17) is 4.98 Å². The summed E-state index contributed by atoms with van der Waals surface area (Å²) in [5.74, 6) is 0. The van der Waals surface area contributed by atoms with Gasteiger partial charge in [-0.2, -0.15) is 0 Å². The van der Waals surface area contributed by atoms with E-state index >= 15 is 0 Å². The van der Waals surface area contributed by atoms with Gasteiger partial charge < -0.3 is 4.57 Å². The molecular formula is C46H29N3. The van der Waals surface area contributed by atoms with E-state index in [0.717, 1.165) is 21.8 Å². The molecule has 0 bridgehead atoms. The second kappa shape index (κ2) is 11.0. The van der Waals surface area contributed by atoms with Crippen molar-refractivity contribution in [1.29, 1.82) is 0 Å². The Hall–Kier alpha value is -6.58. The Morgan fingerprint density at radius 2 is 0.816 bits per heavy atom. The van der Waals surface area contributed by atoms with Gasteiger partial charge in [-0.15, -0.1) is 0 Å². The van der Waals surface area contributed by atoms with Crippen molar-refractivity contribution in [3.05, 3.63) is 176 Å². The molecule has 2 heterocycles. The third-order valence-electron chi connectivity index (χ3n) is 9.88. The molecule has 0 saturated heterocycles. The molecule has 0 spiro atoms. The van der Waals surface area contributed by atoms with Crippen LogP contribution in [0.15, 0.2) is 176 Å². The van der Waals surface area contributed by atoms with Crippen LogP contribution in [-0.2, 0) is 0 Å². The molecule has 8 aromatic carbocycles. The Kier molecular flexibility index (Phi) is 6.18. The molecule has 0 aliphatic rings. The SMILES string of the molecule is c1ccc(-n2c3ccccc3c3cc(-c4cccc(-c5ccc(-c6ccc7c(c6)c6ccccc6c6nccnc76)cc5)c4)ccc32)cc1.